The first-order valence-electron chi connectivity index (χ1n) is 7.77. The fourth-order valence-electron chi connectivity index (χ4n) is 2.65. The van der Waals surface area contributed by atoms with Crippen molar-refractivity contribution >= 4 is 17.4 Å². The van der Waals surface area contributed by atoms with Gasteiger partial charge in [-0.25, -0.2) is 0 Å². The summed E-state index contributed by atoms with van der Waals surface area (Å²) in [6, 6.07) is 7.01. The molecule has 1 aromatic carbocycles. The molecule has 0 aromatic heterocycles. The minimum atomic E-state index is 0.152. The van der Waals surface area contributed by atoms with Crippen LogP contribution in [-0.4, -0.2) is 24.7 Å². The predicted octanol–water partition coefficient (Wildman–Crippen LogP) is 4.94. The number of nitrogens with one attached hydrogen (secondary N) is 1. The van der Waals surface area contributed by atoms with Crippen LogP contribution in [-0.2, 0) is 5.41 Å². The molecule has 1 atom stereocenters. The number of anilines is 1. The van der Waals surface area contributed by atoms with Crippen molar-refractivity contribution in [2.75, 3.05) is 23.9 Å². The summed E-state index contributed by atoms with van der Waals surface area (Å²) in [5, 5.41) is 3.76. The summed E-state index contributed by atoms with van der Waals surface area (Å²) < 4.78 is 5.55. The number of hydrogen-bond donors (Lipinski definition) is 1. The standard InChI is InChI=1S/C18H29NOS/c1-17(2,3)13-7-8-15(20-6)14(11-13)19-16-12-21-10-9-18(16,4)5/h7-8,11,16,19H,9-10,12H2,1-6H3. The zero-order valence-electron chi connectivity index (χ0n) is 14.2. The van der Waals surface area contributed by atoms with Gasteiger partial charge in [0, 0.05) is 11.8 Å². The van der Waals surface area contributed by atoms with Crippen LogP contribution in [0.3, 0.4) is 0 Å². The lowest BCUT2D eigenvalue weighted by atomic mass is 9.82. The van der Waals surface area contributed by atoms with E-state index < -0.39 is 0 Å². The molecule has 1 fully saturated rings. The van der Waals surface area contributed by atoms with E-state index >= 15 is 0 Å². The number of thioether (sulfide) groups is 1. The van der Waals surface area contributed by atoms with E-state index in [1.807, 2.05) is 11.8 Å². The van der Waals surface area contributed by atoms with Gasteiger partial charge < -0.3 is 10.1 Å². The predicted molar refractivity (Wildman–Crippen MR) is 94.8 cm³/mol. The Kier molecular flexibility index (Phi) is 4.82. The lowest BCUT2D eigenvalue weighted by Gasteiger charge is -2.39. The van der Waals surface area contributed by atoms with Crippen molar-refractivity contribution in [3.8, 4) is 5.75 Å². The Morgan fingerprint density at radius 1 is 1.29 bits per heavy atom. The number of rotatable bonds is 3. The van der Waals surface area contributed by atoms with Crippen LogP contribution in [0.5, 0.6) is 5.75 Å². The van der Waals surface area contributed by atoms with Crippen molar-refractivity contribution < 1.29 is 4.74 Å². The quantitative estimate of drug-likeness (QED) is 0.855. The molecule has 21 heavy (non-hydrogen) atoms. The fraction of sp³-hybridized carbons (Fsp3) is 0.667. The topological polar surface area (TPSA) is 21.3 Å². The lowest BCUT2D eigenvalue weighted by molar-refractivity contribution is 0.304. The molecule has 0 aliphatic carbocycles. The second-order valence-corrected chi connectivity index (χ2v) is 8.83. The van der Waals surface area contributed by atoms with E-state index in [1.165, 1.54) is 17.7 Å². The molecule has 1 aliphatic heterocycles. The molecule has 3 heteroatoms. The van der Waals surface area contributed by atoms with Gasteiger partial charge in [0.15, 0.2) is 0 Å². The minimum absolute atomic E-state index is 0.152. The maximum atomic E-state index is 5.55. The Bertz CT molecular complexity index is 490. The molecule has 1 saturated heterocycles. The summed E-state index contributed by atoms with van der Waals surface area (Å²) in [5.41, 5.74) is 2.95. The summed E-state index contributed by atoms with van der Waals surface area (Å²) in [7, 11) is 1.75. The highest BCUT2D eigenvalue weighted by molar-refractivity contribution is 7.99. The molecular formula is C18H29NOS. The highest BCUT2D eigenvalue weighted by atomic mass is 32.2. The summed E-state index contributed by atoms with van der Waals surface area (Å²) in [6.45, 7) is 11.5. The van der Waals surface area contributed by atoms with Crippen LogP contribution in [0.4, 0.5) is 5.69 Å². The van der Waals surface area contributed by atoms with E-state index in [-0.39, 0.29) is 5.41 Å². The van der Waals surface area contributed by atoms with Crippen molar-refractivity contribution in [3.05, 3.63) is 23.8 Å². The van der Waals surface area contributed by atoms with Gasteiger partial charge in [-0.3, -0.25) is 0 Å². The Labute approximate surface area is 134 Å². The Morgan fingerprint density at radius 2 is 2.00 bits per heavy atom. The zero-order chi connectivity index (χ0) is 15.7. The third-order valence-electron chi connectivity index (χ3n) is 4.51. The second-order valence-electron chi connectivity index (χ2n) is 7.68. The van der Waals surface area contributed by atoms with Crippen LogP contribution in [0.15, 0.2) is 18.2 Å². The van der Waals surface area contributed by atoms with E-state index in [9.17, 15) is 0 Å². The molecule has 2 nitrogen and oxygen atoms in total. The lowest BCUT2D eigenvalue weighted by Crippen LogP contribution is -2.41. The average Bonchev–Trinajstić information content (AvgIpc) is 2.40. The Hall–Kier alpha value is -0.830. The Balaban J connectivity index is 2.29. The molecule has 0 bridgehead atoms. The smallest absolute Gasteiger partial charge is 0.141 e. The number of ether oxygens (including phenoxy) is 1. The monoisotopic (exact) mass is 307 g/mol. The van der Waals surface area contributed by atoms with Crippen LogP contribution in [0, 0.1) is 5.41 Å². The number of benzene rings is 1. The van der Waals surface area contributed by atoms with Gasteiger partial charge in [0.05, 0.1) is 12.8 Å². The average molecular weight is 308 g/mol. The second kappa shape index (κ2) is 6.12. The summed E-state index contributed by atoms with van der Waals surface area (Å²) in [5.74, 6) is 3.37. The largest absolute Gasteiger partial charge is 0.495 e. The SMILES string of the molecule is COc1ccc(C(C)(C)C)cc1NC1CSCCC1(C)C. The van der Waals surface area contributed by atoms with E-state index in [0.29, 0.717) is 11.5 Å². The van der Waals surface area contributed by atoms with Crippen LogP contribution < -0.4 is 10.1 Å². The van der Waals surface area contributed by atoms with E-state index in [1.54, 1.807) is 7.11 Å². The maximum Gasteiger partial charge on any atom is 0.141 e. The van der Waals surface area contributed by atoms with Crippen LogP contribution in [0.1, 0.15) is 46.6 Å². The zero-order valence-corrected chi connectivity index (χ0v) is 15.1. The Morgan fingerprint density at radius 3 is 2.57 bits per heavy atom. The minimum Gasteiger partial charge on any atom is -0.495 e. The molecule has 1 aliphatic rings. The molecule has 2 rings (SSSR count). The molecule has 0 spiro atoms. The first-order chi connectivity index (χ1) is 9.74. The maximum absolute atomic E-state index is 5.55. The van der Waals surface area contributed by atoms with Crippen LogP contribution in [0.25, 0.3) is 0 Å². The van der Waals surface area contributed by atoms with Crippen molar-refractivity contribution in [1.82, 2.24) is 0 Å². The van der Waals surface area contributed by atoms with Crippen molar-refractivity contribution in [1.29, 1.82) is 0 Å². The molecular weight excluding hydrogens is 278 g/mol. The fourth-order valence-corrected chi connectivity index (χ4v) is 4.26. The molecule has 1 heterocycles. The summed E-state index contributed by atoms with van der Waals surface area (Å²) >= 11 is 2.04. The highest BCUT2D eigenvalue weighted by Crippen LogP contribution is 2.38. The normalized spacial score (nSPS) is 21.9. The molecule has 1 N–H and O–H groups in total. The van der Waals surface area contributed by atoms with E-state index in [0.717, 1.165) is 17.2 Å². The molecule has 0 saturated carbocycles. The molecule has 0 amide bonds. The summed E-state index contributed by atoms with van der Waals surface area (Å²) in [6.07, 6.45) is 1.26. The summed E-state index contributed by atoms with van der Waals surface area (Å²) in [4.78, 5) is 0. The van der Waals surface area contributed by atoms with Gasteiger partial charge in [0.2, 0.25) is 0 Å². The van der Waals surface area contributed by atoms with Crippen LogP contribution in [0.2, 0.25) is 0 Å². The van der Waals surface area contributed by atoms with Gasteiger partial charge in [0.25, 0.3) is 0 Å². The number of methoxy groups -OCH3 is 1. The van der Waals surface area contributed by atoms with E-state index in [2.05, 4.69) is 58.1 Å². The van der Waals surface area contributed by atoms with Crippen molar-refractivity contribution in [2.24, 2.45) is 5.41 Å². The van der Waals surface area contributed by atoms with Gasteiger partial charge in [-0.15, -0.1) is 0 Å². The van der Waals surface area contributed by atoms with E-state index in [4.69, 9.17) is 4.74 Å². The van der Waals surface area contributed by atoms with Crippen molar-refractivity contribution in [3.63, 3.8) is 0 Å². The first kappa shape index (κ1) is 16.5. The van der Waals surface area contributed by atoms with Crippen LogP contribution >= 0.6 is 11.8 Å². The molecule has 118 valence electrons. The number of hydrogen-bond acceptors (Lipinski definition) is 3. The molecule has 0 radical (unpaired) electrons. The molecule has 1 unspecified atom stereocenters. The molecule has 1 aromatic rings. The van der Waals surface area contributed by atoms with Gasteiger partial charge in [-0.05, 0) is 40.7 Å². The first-order valence-corrected chi connectivity index (χ1v) is 8.92. The van der Waals surface area contributed by atoms with Gasteiger partial charge in [-0.1, -0.05) is 40.7 Å². The third-order valence-corrected chi connectivity index (χ3v) is 5.58. The van der Waals surface area contributed by atoms with Gasteiger partial charge in [-0.2, -0.15) is 11.8 Å². The van der Waals surface area contributed by atoms with Crippen molar-refractivity contribution in [2.45, 2.75) is 52.5 Å². The van der Waals surface area contributed by atoms with Gasteiger partial charge in [0.1, 0.15) is 5.75 Å². The highest BCUT2D eigenvalue weighted by Gasteiger charge is 2.33. The third kappa shape index (κ3) is 3.88. The van der Waals surface area contributed by atoms with Gasteiger partial charge >= 0.3 is 0 Å².